The highest BCUT2D eigenvalue weighted by molar-refractivity contribution is 5.45. The molecule has 0 atom stereocenters. The fourth-order valence-corrected chi connectivity index (χ4v) is 2.02. The van der Waals surface area contributed by atoms with Gasteiger partial charge in [0, 0.05) is 19.3 Å². The summed E-state index contributed by atoms with van der Waals surface area (Å²) in [5.41, 5.74) is 7.45. The second-order valence-corrected chi connectivity index (χ2v) is 4.56. The lowest BCUT2D eigenvalue weighted by molar-refractivity contribution is 0.726. The average molecular weight is 266 g/mol. The molecule has 4 nitrogen and oxygen atoms in total. The van der Waals surface area contributed by atoms with E-state index in [4.69, 9.17) is 11.0 Å². The van der Waals surface area contributed by atoms with Crippen molar-refractivity contribution in [1.82, 2.24) is 4.98 Å². The lowest BCUT2D eigenvalue weighted by Gasteiger charge is -2.23. The van der Waals surface area contributed by atoms with Crippen LogP contribution in [0.15, 0.2) is 48.7 Å². The molecule has 0 bridgehead atoms. The van der Waals surface area contributed by atoms with Crippen LogP contribution in [0.4, 0.5) is 5.82 Å². The number of nitriles is 1. The molecule has 0 aliphatic rings. The van der Waals surface area contributed by atoms with Gasteiger partial charge in [0.15, 0.2) is 0 Å². The van der Waals surface area contributed by atoms with E-state index in [2.05, 4.69) is 28.1 Å². The van der Waals surface area contributed by atoms with Crippen molar-refractivity contribution in [3.05, 3.63) is 59.8 Å². The van der Waals surface area contributed by atoms with Crippen LogP contribution in [0.25, 0.3) is 0 Å². The first kappa shape index (κ1) is 14.0. The number of benzene rings is 1. The molecule has 0 amide bonds. The minimum absolute atomic E-state index is 0.626. The number of aromatic nitrogens is 1. The first-order valence-corrected chi connectivity index (χ1v) is 6.68. The number of hydrogen-bond donors (Lipinski definition) is 1. The molecule has 2 rings (SSSR count). The zero-order chi connectivity index (χ0) is 14.2. The van der Waals surface area contributed by atoms with E-state index in [-0.39, 0.29) is 0 Å². The summed E-state index contributed by atoms with van der Waals surface area (Å²) in [6.45, 7) is 2.24. The fraction of sp³-hybridized carbons (Fsp3) is 0.250. The van der Waals surface area contributed by atoms with Crippen LogP contribution in [0.1, 0.15) is 17.5 Å². The van der Waals surface area contributed by atoms with E-state index in [1.54, 1.807) is 12.3 Å². The molecule has 0 fully saturated rings. The predicted octanol–water partition coefficient (Wildman–Crippen LogP) is 2.31. The highest BCUT2D eigenvalue weighted by atomic mass is 15.2. The molecule has 20 heavy (non-hydrogen) atoms. The van der Waals surface area contributed by atoms with Gasteiger partial charge in [-0.25, -0.2) is 4.98 Å². The third-order valence-corrected chi connectivity index (χ3v) is 3.05. The highest BCUT2D eigenvalue weighted by Crippen LogP contribution is 2.16. The van der Waals surface area contributed by atoms with Gasteiger partial charge in [0.1, 0.15) is 5.82 Å². The van der Waals surface area contributed by atoms with E-state index in [9.17, 15) is 0 Å². The number of hydrogen-bond acceptors (Lipinski definition) is 4. The zero-order valence-electron chi connectivity index (χ0n) is 11.4. The van der Waals surface area contributed by atoms with E-state index in [0.717, 1.165) is 25.3 Å². The Kier molecular flexibility index (Phi) is 5.10. The number of pyridine rings is 1. The van der Waals surface area contributed by atoms with Gasteiger partial charge in [-0.05, 0) is 30.7 Å². The Morgan fingerprint density at radius 1 is 1.20 bits per heavy atom. The Balaban J connectivity index is 2.20. The Hall–Kier alpha value is -2.38. The first-order chi connectivity index (χ1) is 9.83. The van der Waals surface area contributed by atoms with Crippen LogP contribution in [-0.2, 0) is 6.54 Å². The first-order valence-electron chi connectivity index (χ1n) is 6.68. The standard InChI is InChI=1S/C16H18N4/c17-8-4-10-20(13-14-5-2-1-3-6-14)16-11-15(12-18)7-9-19-16/h1-3,5-7,9,11H,4,8,10,13,17H2. The summed E-state index contributed by atoms with van der Waals surface area (Å²) in [7, 11) is 0. The van der Waals surface area contributed by atoms with Crippen LogP contribution in [0.3, 0.4) is 0 Å². The normalized spacial score (nSPS) is 10.0. The molecular formula is C16H18N4. The molecule has 0 aliphatic heterocycles. The Morgan fingerprint density at radius 2 is 2.00 bits per heavy atom. The molecule has 1 aromatic heterocycles. The molecule has 1 heterocycles. The summed E-state index contributed by atoms with van der Waals surface area (Å²) < 4.78 is 0. The minimum Gasteiger partial charge on any atom is -0.352 e. The summed E-state index contributed by atoms with van der Waals surface area (Å²) in [5.74, 6) is 0.821. The highest BCUT2D eigenvalue weighted by Gasteiger charge is 2.09. The second-order valence-electron chi connectivity index (χ2n) is 4.56. The van der Waals surface area contributed by atoms with E-state index < -0.39 is 0 Å². The quantitative estimate of drug-likeness (QED) is 0.871. The summed E-state index contributed by atoms with van der Waals surface area (Å²) >= 11 is 0. The molecule has 2 aromatic rings. The van der Waals surface area contributed by atoms with Gasteiger partial charge in [-0.15, -0.1) is 0 Å². The molecule has 0 spiro atoms. The van der Waals surface area contributed by atoms with Gasteiger partial charge < -0.3 is 10.6 Å². The van der Waals surface area contributed by atoms with Crippen LogP contribution in [-0.4, -0.2) is 18.1 Å². The SMILES string of the molecule is N#Cc1ccnc(N(CCCN)Cc2ccccc2)c1. The molecule has 4 heteroatoms. The van der Waals surface area contributed by atoms with Crippen LogP contribution >= 0.6 is 0 Å². The van der Waals surface area contributed by atoms with Gasteiger partial charge in [-0.1, -0.05) is 30.3 Å². The van der Waals surface area contributed by atoms with Gasteiger partial charge in [0.05, 0.1) is 11.6 Å². The summed E-state index contributed by atoms with van der Waals surface area (Å²) in [6, 6.07) is 15.9. The van der Waals surface area contributed by atoms with Crippen molar-refractivity contribution in [2.75, 3.05) is 18.0 Å². The maximum atomic E-state index is 8.99. The Bertz CT molecular complexity index is 575. The lowest BCUT2D eigenvalue weighted by atomic mass is 10.2. The van der Waals surface area contributed by atoms with Crippen molar-refractivity contribution >= 4 is 5.82 Å². The third-order valence-electron chi connectivity index (χ3n) is 3.05. The van der Waals surface area contributed by atoms with Crippen molar-refractivity contribution in [3.8, 4) is 6.07 Å². The fourth-order valence-electron chi connectivity index (χ4n) is 2.02. The lowest BCUT2D eigenvalue weighted by Crippen LogP contribution is -2.26. The molecule has 1 aromatic carbocycles. The second kappa shape index (κ2) is 7.27. The Morgan fingerprint density at radius 3 is 2.70 bits per heavy atom. The molecule has 0 saturated heterocycles. The number of nitrogens with two attached hydrogens (primary N) is 1. The molecule has 2 N–H and O–H groups in total. The minimum atomic E-state index is 0.626. The van der Waals surface area contributed by atoms with Gasteiger partial charge in [0.2, 0.25) is 0 Å². The van der Waals surface area contributed by atoms with Gasteiger partial charge in [-0.2, -0.15) is 5.26 Å². The van der Waals surface area contributed by atoms with Crippen LogP contribution < -0.4 is 10.6 Å². The van der Waals surface area contributed by atoms with Gasteiger partial charge in [0.25, 0.3) is 0 Å². The molecular weight excluding hydrogens is 248 g/mol. The third kappa shape index (κ3) is 3.81. The number of rotatable bonds is 6. The Labute approximate surface area is 119 Å². The van der Waals surface area contributed by atoms with E-state index >= 15 is 0 Å². The maximum absolute atomic E-state index is 8.99. The van der Waals surface area contributed by atoms with Crippen LogP contribution in [0, 0.1) is 11.3 Å². The molecule has 0 saturated carbocycles. The molecule has 102 valence electrons. The van der Waals surface area contributed by atoms with E-state index in [1.165, 1.54) is 5.56 Å². The molecule has 0 aliphatic carbocycles. The van der Waals surface area contributed by atoms with Crippen molar-refractivity contribution in [2.24, 2.45) is 5.73 Å². The van der Waals surface area contributed by atoms with E-state index in [1.807, 2.05) is 24.3 Å². The van der Waals surface area contributed by atoms with Crippen LogP contribution in [0.5, 0.6) is 0 Å². The molecule has 0 unspecified atom stereocenters. The van der Waals surface area contributed by atoms with Gasteiger partial charge >= 0.3 is 0 Å². The summed E-state index contributed by atoms with van der Waals surface area (Å²) in [5, 5.41) is 8.99. The van der Waals surface area contributed by atoms with Crippen LogP contribution in [0.2, 0.25) is 0 Å². The average Bonchev–Trinajstić information content (AvgIpc) is 2.52. The van der Waals surface area contributed by atoms with E-state index in [0.29, 0.717) is 12.1 Å². The smallest absolute Gasteiger partial charge is 0.130 e. The maximum Gasteiger partial charge on any atom is 0.130 e. The zero-order valence-corrected chi connectivity index (χ0v) is 11.4. The van der Waals surface area contributed by atoms with Crippen molar-refractivity contribution in [3.63, 3.8) is 0 Å². The summed E-state index contributed by atoms with van der Waals surface area (Å²) in [6.07, 6.45) is 2.57. The topological polar surface area (TPSA) is 65.9 Å². The number of nitrogens with zero attached hydrogens (tertiary/aromatic N) is 3. The largest absolute Gasteiger partial charge is 0.352 e. The van der Waals surface area contributed by atoms with Gasteiger partial charge in [-0.3, -0.25) is 0 Å². The molecule has 0 radical (unpaired) electrons. The number of anilines is 1. The van der Waals surface area contributed by atoms with Crippen molar-refractivity contribution in [1.29, 1.82) is 5.26 Å². The van der Waals surface area contributed by atoms with Crippen molar-refractivity contribution < 1.29 is 0 Å². The monoisotopic (exact) mass is 266 g/mol. The predicted molar refractivity (Wildman–Crippen MR) is 80.1 cm³/mol. The summed E-state index contributed by atoms with van der Waals surface area (Å²) in [4.78, 5) is 6.53. The van der Waals surface area contributed by atoms with Crippen molar-refractivity contribution in [2.45, 2.75) is 13.0 Å².